The van der Waals surface area contributed by atoms with Gasteiger partial charge in [-0.05, 0) is 35.9 Å². The SMILES string of the molecule is COc1ccc(-c2nc(Cl)nc(-n3cccn3)n2)cc1F. The molecule has 2 aromatic heterocycles. The molecule has 0 aliphatic heterocycles. The van der Waals surface area contributed by atoms with Crippen LogP contribution in [-0.2, 0) is 0 Å². The molecule has 0 radical (unpaired) electrons. The first-order valence-corrected chi connectivity index (χ1v) is 6.30. The molecule has 0 aliphatic carbocycles. The maximum Gasteiger partial charge on any atom is 0.255 e. The van der Waals surface area contributed by atoms with Crippen molar-refractivity contribution in [1.82, 2.24) is 24.7 Å². The van der Waals surface area contributed by atoms with Gasteiger partial charge < -0.3 is 4.74 Å². The lowest BCUT2D eigenvalue weighted by atomic mass is 10.2. The van der Waals surface area contributed by atoms with Gasteiger partial charge in [-0.25, -0.2) is 9.07 Å². The third kappa shape index (κ3) is 2.68. The van der Waals surface area contributed by atoms with Crippen molar-refractivity contribution in [3.63, 3.8) is 0 Å². The summed E-state index contributed by atoms with van der Waals surface area (Å²) in [6, 6.07) is 6.14. The highest BCUT2D eigenvalue weighted by Gasteiger charge is 2.11. The highest BCUT2D eigenvalue weighted by molar-refractivity contribution is 6.28. The van der Waals surface area contributed by atoms with Crippen LogP contribution in [0, 0.1) is 5.82 Å². The lowest BCUT2D eigenvalue weighted by Gasteiger charge is -2.06. The number of aromatic nitrogens is 5. The molecule has 3 aromatic rings. The van der Waals surface area contributed by atoms with Crippen molar-refractivity contribution in [3.8, 4) is 23.1 Å². The van der Waals surface area contributed by atoms with Gasteiger partial charge in [-0.3, -0.25) is 0 Å². The van der Waals surface area contributed by atoms with Gasteiger partial charge in [0.15, 0.2) is 17.4 Å². The van der Waals surface area contributed by atoms with Gasteiger partial charge in [0.1, 0.15) is 0 Å². The molecule has 0 N–H and O–H groups in total. The van der Waals surface area contributed by atoms with Gasteiger partial charge in [0.05, 0.1) is 7.11 Å². The molecule has 0 fully saturated rings. The first kappa shape index (κ1) is 13.4. The van der Waals surface area contributed by atoms with Crippen LogP contribution in [0.5, 0.6) is 5.75 Å². The highest BCUT2D eigenvalue weighted by atomic mass is 35.5. The van der Waals surface area contributed by atoms with E-state index >= 15 is 0 Å². The summed E-state index contributed by atoms with van der Waals surface area (Å²) in [4.78, 5) is 12.2. The van der Waals surface area contributed by atoms with Gasteiger partial charge in [0.2, 0.25) is 5.28 Å². The van der Waals surface area contributed by atoms with E-state index in [1.165, 1.54) is 23.9 Å². The summed E-state index contributed by atoms with van der Waals surface area (Å²) in [5.74, 6) is 0.145. The van der Waals surface area contributed by atoms with Crippen molar-refractivity contribution in [3.05, 3.63) is 47.8 Å². The number of halogens is 2. The fourth-order valence-electron chi connectivity index (χ4n) is 1.76. The standard InChI is InChI=1S/C13H9ClFN5O/c1-21-10-4-3-8(7-9(10)15)11-17-12(14)19-13(18-11)20-6-2-5-16-20/h2-7H,1H3. The smallest absolute Gasteiger partial charge is 0.255 e. The molecule has 0 saturated heterocycles. The van der Waals surface area contributed by atoms with E-state index in [4.69, 9.17) is 16.3 Å². The fourth-order valence-corrected chi connectivity index (χ4v) is 1.92. The number of benzene rings is 1. The summed E-state index contributed by atoms with van der Waals surface area (Å²) in [5, 5.41) is 4.02. The van der Waals surface area contributed by atoms with Crippen LogP contribution in [0.4, 0.5) is 4.39 Å². The van der Waals surface area contributed by atoms with E-state index in [1.54, 1.807) is 24.5 Å². The summed E-state index contributed by atoms with van der Waals surface area (Å²) in [7, 11) is 1.40. The number of methoxy groups -OCH3 is 1. The van der Waals surface area contributed by atoms with Crippen molar-refractivity contribution >= 4 is 11.6 Å². The molecule has 0 aliphatic rings. The van der Waals surface area contributed by atoms with E-state index in [2.05, 4.69) is 20.1 Å². The molecule has 1 aromatic carbocycles. The topological polar surface area (TPSA) is 65.7 Å². The Balaban J connectivity index is 2.08. The van der Waals surface area contributed by atoms with Crippen molar-refractivity contribution in [2.24, 2.45) is 0 Å². The van der Waals surface area contributed by atoms with E-state index in [0.29, 0.717) is 5.56 Å². The van der Waals surface area contributed by atoms with E-state index in [9.17, 15) is 4.39 Å². The van der Waals surface area contributed by atoms with Crippen LogP contribution in [0.1, 0.15) is 0 Å². The maximum atomic E-state index is 13.8. The first-order valence-electron chi connectivity index (χ1n) is 5.93. The summed E-state index contributed by atoms with van der Waals surface area (Å²) in [5.41, 5.74) is 0.464. The predicted octanol–water partition coefficient (Wildman–Crippen LogP) is 2.53. The van der Waals surface area contributed by atoms with Gasteiger partial charge >= 0.3 is 0 Å². The number of hydrogen-bond donors (Lipinski definition) is 0. The quantitative estimate of drug-likeness (QED) is 0.744. The Morgan fingerprint density at radius 1 is 1.24 bits per heavy atom. The average Bonchev–Trinajstić information content (AvgIpc) is 3.01. The molecule has 0 atom stereocenters. The predicted molar refractivity (Wildman–Crippen MR) is 73.9 cm³/mol. The minimum atomic E-state index is -0.507. The molecular formula is C13H9ClFN5O. The molecule has 0 unspecified atom stereocenters. The van der Waals surface area contributed by atoms with Gasteiger partial charge in [-0.2, -0.15) is 20.1 Å². The molecular weight excluding hydrogens is 297 g/mol. The normalized spacial score (nSPS) is 10.6. The fraction of sp³-hybridized carbons (Fsp3) is 0.0769. The van der Waals surface area contributed by atoms with Crippen LogP contribution in [-0.4, -0.2) is 31.8 Å². The van der Waals surface area contributed by atoms with Crippen LogP contribution >= 0.6 is 11.6 Å². The molecule has 0 bridgehead atoms. The van der Waals surface area contributed by atoms with Crippen LogP contribution in [0.25, 0.3) is 17.3 Å². The highest BCUT2D eigenvalue weighted by Crippen LogP contribution is 2.24. The molecule has 2 heterocycles. The molecule has 3 rings (SSSR count). The van der Waals surface area contributed by atoms with Gasteiger partial charge in [-0.1, -0.05) is 0 Å². The molecule has 0 spiro atoms. The molecule has 0 amide bonds. The first-order chi connectivity index (χ1) is 10.2. The third-order valence-corrected chi connectivity index (χ3v) is 2.88. The largest absolute Gasteiger partial charge is 0.494 e. The van der Waals surface area contributed by atoms with Crippen LogP contribution < -0.4 is 4.74 Å². The monoisotopic (exact) mass is 305 g/mol. The number of hydrogen-bond acceptors (Lipinski definition) is 5. The second-order valence-corrected chi connectivity index (χ2v) is 4.37. The van der Waals surface area contributed by atoms with E-state index in [-0.39, 0.29) is 22.8 Å². The summed E-state index contributed by atoms with van der Waals surface area (Å²) < 4.78 is 20.1. The molecule has 6 nitrogen and oxygen atoms in total. The number of nitrogens with zero attached hydrogens (tertiary/aromatic N) is 5. The number of rotatable bonds is 3. The summed E-state index contributed by atoms with van der Waals surface area (Å²) in [6.45, 7) is 0. The van der Waals surface area contributed by atoms with Crippen LogP contribution in [0.3, 0.4) is 0 Å². The Bertz CT molecular complexity index is 778. The van der Waals surface area contributed by atoms with Crippen molar-refractivity contribution in [2.75, 3.05) is 7.11 Å². The van der Waals surface area contributed by atoms with Gasteiger partial charge in [0.25, 0.3) is 5.95 Å². The van der Waals surface area contributed by atoms with E-state index in [0.717, 1.165) is 0 Å². The lowest BCUT2D eigenvalue weighted by Crippen LogP contribution is -2.05. The van der Waals surface area contributed by atoms with Crippen molar-refractivity contribution < 1.29 is 9.13 Å². The Morgan fingerprint density at radius 2 is 2.10 bits per heavy atom. The minimum Gasteiger partial charge on any atom is -0.494 e. The minimum absolute atomic E-state index is 0.00160. The zero-order valence-corrected chi connectivity index (χ0v) is 11.6. The summed E-state index contributed by atoms with van der Waals surface area (Å²) in [6.07, 6.45) is 3.26. The number of ether oxygens (including phenoxy) is 1. The lowest BCUT2D eigenvalue weighted by molar-refractivity contribution is 0.386. The third-order valence-electron chi connectivity index (χ3n) is 2.72. The van der Waals surface area contributed by atoms with E-state index < -0.39 is 5.82 Å². The second kappa shape index (κ2) is 5.45. The van der Waals surface area contributed by atoms with Crippen LogP contribution in [0.2, 0.25) is 5.28 Å². The molecule has 8 heteroatoms. The molecule has 106 valence electrons. The van der Waals surface area contributed by atoms with Crippen LogP contribution in [0.15, 0.2) is 36.7 Å². The Hall–Kier alpha value is -2.54. The summed E-state index contributed by atoms with van der Waals surface area (Å²) >= 11 is 5.89. The Kier molecular flexibility index (Phi) is 3.49. The van der Waals surface area contributed by atoms with E-state index in [1.807, 2.05) is 0 Å². The van der Waals surface area contributed by atoms with Crippen molar-refractivity contribution in [2.45, 2.75) is 0 Å². The van der Waals surface area contributed by atoms with Gasteiger partial charge in [0, 0.05) is 18.0 Å². The zero-order chi connectivity index (χ0) is 14.8. The maximum absolute atomic E-state index is 13.8. The zero-order valence-electron chi connectivity index (χ0n) is 10.9. The Labute approximate surface area is 124 Å². The molecule has 0 saturated carbocycles. The Morgan fingerprint density at radius 3 is 2.76 bits per heavy atom. The van der Waals surface area contributed by atoms with Crippen molar-refractivity contribution in [1.29, 1.82) is 0 Å². The average molecular weight is 306 g/mol. The molecule has 21 heavy (non-hydrogen) atoms. The van der Waals surface area contributed by atoms with Gasteiger partial charge in [-0.15, -0.1) is 0 Å². The second-order valence-electron chi connectivity index (χ2n) is 4.03.